The quantitative estimate of drug-likeness (QED) is 0.817. The molecule has 2 amide bonds. The van der Waals surface area contributed by atoms with Crippen molar-refractivity contribution >= 4 is 17.4 Å². The maximum atomic E-state index is 12.5. The van der Waals surface area contributed by atoms with Gasteiger partial charge in [-0.2, -0.15) is 0 Å². The van der Waals surface area contributed by atoms with Gasteiger partial charge in [0.05, 0.1) is 18.3 Å². The van der Waals surface area contributed by atoms with E-state index in [-0.39, 0.29) is 17.7 Å². The van der Waals surface area contributed by atoms with Crippen molar-refractivity contribution in [3.63, 3.8) is 0 Å². The summed E-state index contributed by atoms with van der Waals surface area (Å²) < 4.78 is 0. The summed E-state index contributed by atoms with van der Waals surface area (Å²) in [4.78, 5) is 33.8. The van der Waals surface area contributed by atoms with Crippen molar-refractivity contribution in [2.45, 2.75) is 50.9 Å². The van der Waals surface area contributed by atoms with Crippen LogP contribution in [-0.2, 0) is 11.2 Å². The highest BCUT2D eigenvalue weighted by molar-refractivity contribution is 6.00. The summed E-state index contributed by atoms with van der Waals surface area (Å²) in [5, 5.41) is 0. The van der Waals surface area contributed by atoms with Crippen molar-refractivity contribution < 1.29 is 9.59 Å². The average molecular weight is 393 g/mol. The van der Waals surface area contributed by atoms with Crippen LogP contribution < -0.4 is 5.73 Å². The molecule has 29 heavy (non-hydrogen) atoms. The number of nitrogens with one attached hydrogen (secondary N) is 1. The average Bonchev–Trinajstić information content (AvgIpc) is 3.27. The highest BCUT2D eigenvalue weighted by Gasteiger charge is 2.28. The number of H-pyrrole nitrogens is 1. The van der Waals surface area contributed by atoms with Gasteiger partial charge in [-0.05, 0) is 61.1 Å². The molecule has 2 heterocycles. The Labute approximate surface area is 171 Å². The Morgan fingerprint density at radius 1 is 1.21 bits per heavy atom. The van der Waals surface area contributed by atoms with Gasteiger partial charge in [-0.3, -0.25) is 9.59 Å². The van der Waals surface area contributed by atoms with Crippen molar-refractivity contribution in [1.82, 2.24) is 14.9 Å². The summed E-state index contributed by atoms with van der Waals surface area (Å²) in [5.74, 6) is 0.0154. The Morgan fingerprint density at radius 2 is 2.03 bits per heavy atom. The van der Waals surface area contributed by atoms with E-state index in [9.17, 15) is 9.59 Å². The number of rotatable bonds is 5. The van der Waals surface area contributed by atoms with Crippen LogP contribution in [0.2, 0.25) is 0 Å². The number of likely N-dealkylation sites (tertiary alicyclic amines) is 1. The number of benzene rings is 1. The smallest absolute Gasteiger partial charge is 0.249 e. The van der Waals surface area contributed by atoms with Gasteiger partial charge in [-0.15, -0.1) is 0 Å². The zero-order chi connectivity index (χ0) is 20.2. The molecular formula is C23H28N4O2. The maximum Gasteiger partial charge on any atom is 0.249 e. The summed E-state index contributed by atoms with van der Waals surface area (Å²) in [7, 11) is 0. The lowest BCUT2D eigenvalue weighted by molar-refractivity contribution is -0.131. The van der Waals surface area contributed by atoms with Crippen molar-refractivity contribution in [3.05, 3.63) is 59.2 Å². The maximum absolute atomic E-state index is 12.5. The Balaban J connectivity index is 1.50. The van der Waals surface area contributed by atoms with Gasteiger partial charge in [0.1, 0.15) is 0 Å². The molecule has 1 fully saturated rings. The molecule has 2 aliphatic rings. The number of piperidine rings is 1. The van der Waals surface area contributed by atoms with E-state index in [0.29, 0.717) is 25.1 Å². The van der Waals surface area contributed by atoms with Crippen LogP contribution in [0.3, 0.4) is 0 Å². The van der Waals surface area contributed by atoms with E-state index in [1.807, 2.05) is 23.1 Å². The number of nitrogens with two attached hydrogens (primary N) is 1. The monoisotopic (exact) mass is 392 g/mol. The Hall–Kier alpha value is -2.89. The highest BCUT2D eigenvalue weighted by Crippen LogP contribution is 2.36. The van der Waals surface area contributed by atoms with Gasteiger partial charge in [0, 0.05) is 25.0 Å². The first kappa shape index (κ1) is 19.4. The molecule has 0 spiro atoms. The Morgan fingerprint density at radius 3 is 2.69 bits per heavy atom. The van der Waals surface area contributed by atoms with Crippen LogP contribution in [0.5, 0.6) is 0 Å². The van der Waals surface area contributed by atoms with Crippen molar-refractivity contribution in [3.8, 4) is 0 Å². The van der Waals surface area contributed by atoms with Gasteiger partial charge in [0.2, 0.25) is 11.8 Å². The van der Waals surface area contributed by atoms with Crippen LogP contribution in [0.25, 0.3) is 5.57 Å². The fourth-order valence-electron chi connectivity index (χ4n) is 4.63. The predicted octanol–water partition coefficient (Wildman–Crippen LogP) is 3.41. The largest absolute Gasteiger partial charge is 0.366 e. The van der Waals surface area contributed by atoms with Gasteiger partial charge in [0.15, 0.2) is 0 Å². The first-order valence-corrected chi connectivity index (χ1v) is 10.5. The molecule has 1 aromatic heterocycles. The van der Waals surface area contributed by atoms with E-state index in [1.54, 1.807) is 12.5 Å². The number of hydrogen-bond acceptors (Lipinski definition) is 3. The molecule has 0 radical (unpaired) electrons. The number of carbonyl (C=O) groups is 2. The minimum Gasteiger partial charge on any atom is -0.366 e. The van der Waals surface area contributed by atoms with Gasteiger partial charge in [-0.25, -0.2) is 4.98 Å². The second-order valence-electron chi connectivity index (χ2n) is 8.02. The van der Waals surface area contributed by atoms with E-state index < -0.39 is 0 Å². The molecule has 1 saturated heterocycles. The number of aromatic nitrogens is 2. The number of primary amides is 1. The molecule has 0 atom stereocenters. The summed E-state index contributed by atoms with van der Waals surface area (Å²) in [5.41, 5.74) is 10.7. The molecule has 6 nitrogen and oxygen atoms in total. The summed E-state index contributed by atoms with van der Waals surface area (Å²) in [6.07, 6.45) is 12.0. The van der Waals surface area contributed by atoms with E-state index in [0.717, 1.165) is 48.9 Å². The number of hydrogen-bond donors (Lipinski definition) is 2. The molecule has 1 aliphatic heterocycles. The number of carbonyl (C=O) groups excluding carboxylic acids is 2. The first-order valence-electron chi connectivity index (χ1n) is 10.5. The van der Waals surface area contributed by atoms with E-state index in [4.69, 9.17) is 5.73 Å². The number of aromatic amines is 1. The van der Waals surface area contributed by atoms with Crippen LogP contribution in [0.15, 0.2) is 36.8 Å². The van der Waals surface area contributed by atoms with Crippen LogP contribution in [0.1, 0.15) is 71.6 Å². The molecule has 2 aromatic rings. The fourth-order valence-corrected chi connectivity index (χ4v) is 4.63. The lowest BCUT2D eigenvalue weighted by Crippen LogP contribution is -2.39. The normalized spacial score (nSPS) is 17.8. The molecule has 0 bridgehead atoms. The molecule has 1 aromatic carbocycles. The lowest BCUT2D eigenvalue weighted by Gasteiger charge is -2.33. The van der Waals surface area contributed by atoms with Gasteiger partial charge >= 0.3 is 0 Å². The minimum absolute atomic E-state index is 0.115. The van der Waals surface area contributed by atoms with E-state index in [1.165, 1.54) is 12.0 Å². The van der Waals surface area contributed by atoms with E-state index in [2.05, 4.69) is 16.0 Å². The molecule has 6 heteroatoms. The highest BCUT2D eigenvalue weighted by atomic mass is 16.2. The van der Waals surface area contributed by atoms with Gasteiger partial charge < -0.3 is 15.6 Å². The number of imidazole rings is 1. The standard InChI is InChI=1S/C23H28N4O2/c24-23(29)22-19(16-5-2-1-3-6-16)7-4-8-20(22)17-9-11-27(12-10-17)21(28)13-18-14-25-15-26-18/h4-5,7-8,14-15,17H,1-3,6,9-13H2,(H2,24,29)(H,25,26). The summed E-state index contributed by atoms with van der Waals surface area (Å²) >= 11 is 0. The molecule has 3 N–H and O–H groups in total. The molecule has 4 rings (SSSR count). The fraction of sp³-hybridized carbons (Fsp3) is 0.435. The van der Waals surface area contributed by atoms with Crippen molar-refractivity contribution in [1.29, 1.82) is 0 Å². The Bertz CT molecular complexity index is 909. The zero-order valence-corrected chi connectivity index (χ0v) is 16.7. The number of amides is 2. The van der Waals surface area contributed by atoms with Gasteiger partial charge in [-0.1, -0.05) is 24.3 Å². The molecule has 152 valence electrons. The third-order valence-corrected chi connectivity index (χ3v) is 6.16. The molecule has 0 unspecified atom stereocenters. The van der Waals surface area contributed by atoms with Crippen LogP contribution in [0.4, 0.5) is 0 Å². The first-order chi connectivity index (χ1) is 14.1. The van der Waals surface area contributed by atoms with Crippen molar-refractivity contribution in [2.24, 2.45) is 5.73 Å². The van der Waals surface area contributed by atoms with Crippen molar-refractivity contribution in [2.75, 3.05) is 13.1 Å². The van der Waals surface area contributed by atoms with E-state index >= 15 is 0 Å². The molecule has 1 aliphatic carbocycles. The summed E-state index contributed by atoms with van der Waals surface area (Å²) in [6, 6.07) is 6.12. The third kappa shape index (κ3) is 4.26. The summed E-state index contributed by atoms with van der Waals surface area (Å²) in [6.45, 7) is 1.39. The number of allylic oxidation sites excluding steroid dienone is 2. The second kappa shape index (κ2) is 8.64. The Kier molecular flexibility index (Phi) is 5.79. The SMILES string of the molecule is NC(=O)c1c(C2=CCCCC2)cccc1C1CCN(C(=O)Cc2cnc[nH]2)CC1. The second-order valence-corrected chi connectivity index (χ2v) is 8.02. The van der Waals surface area contributed by atoms with Crippen LogP contribution in [-0.4, -0.2) is 39.8 Å². The van der Waals surface area contributed by atoms with Crippen LogP contribution >= 0.6 is 0 Å². The zero-order valence-electron chi connectivity index (χ0n) is 16.7. The van der Waals surface area contributed by atoms with Gasteiger partial charge in [0.25, 0.3) is 0 Å². The topological polar surface area (TPSA) is 92.1 Å². The minimum atomic E-state index is -0.347. The van der Waals surface area contributed by atoms with Crippen LogP contribution in [0, 0.1) is 0 Å². The molecular weight excluding hydrogens is 364 g/mol. The third-order valence-electron chi connectivity index (χ3n) is 6.16. The molecule has 0 saturated carbocycles. The lowest BCUT2D eigenvalue weighted by atomic mass is 9.81. The predicted molar refractivity (Wildman–Crippen MR) is 112 cm³/mol. The number of nitrogens with zero attached hydrogens (tertiary/aromatic N) is 2.